The number of nitrogens with zero attached hydrogens (tertiary/aromatic N) is 3. The van der Waals surface area contributed by atoms with Crippen molar-refractivity contribution < 1.29 is 13.2 Å². The third-order valence-corrected chi connectivity index (χ3v) is 5.40. The molecule has 0 aliphatic heterocycles. The first-order valence-electron chi connectivity index (χ1n) is 8.13. The molecule has 27 heavy (non-hydrogen) atoms. The Morgan fingerprint density at radius 1 is 1.30 bits per heavy atom. The zero-order valence-electron chi connectivity index (χ0n) is 14.9. The number of amides is 1. The minimum Gasteiger partial charge on any atom is -0.321 e. The molecule has 2 N–H and O–H groups in total. The van der Waals surface area contributed by atoms with E-state index in [1.165, 1.54) is 30.3 Å². The fourth-order valence-corrected chi connectivity index (χ4v) is 3.62. The van der Waals surface area contributed by atoms with Crippen LogP contribution in [0, 0.1) is 6.92 Å². The number of fused-ring (bicyclic) bond motifs is 1. The summed E-state index contributed by atoms with van der Waals surface area (Å²) in [5.41, 5.74) is 2.42. The zero-order valence-corrected chi connectivity index (χ0v) is 15.7. The van der Waals surface area contributed by atoms with Crippen molar-refractivity contribution in [1.82, 2.24) is 19.5 Å². The average Bonchev–Trinajstić information content (AvgIpc) is 2.93. The van der Waals surface area contributed by atoms with Crippen molar-refractivity contribution in [2.24, 2.45) is 7.05 Å². The second-order valence-electron chi connectivity index (χ2n) is 5.92. The molecule has 2 aromatic heterocycles. The Bertz CT molecular complexity index is 1120. The van der Waals surface area contributed by atoms with Crippen LogP contribution in [0.15, 0.2) is 54.1 Å². The highest BCUT2D eigenvalue weighted by Crippen LogP contribution is 2.20. The van der Waals surface area contributed by atoms with Crippen LogP contribution in [0.4, 0.5) is 5.69 Å². The van der Waals surface area contributed by atoms with Crippen molar-refractivity contribution in [3.05, 3.63) is 60.4 Å². The van der Waals surface area contributed by atoms with Crippen molar-refractivity contribution in [3.8, 4) is 0 Å². The first-order chi connectivity index (χ1) is 12.8. The van der Waals surface area contributed by atoms with E-state index in [1.807, 2.05) is 6.92 Å². The number of nitrogens with one attached hydrogen (secondary N) is 2. The maximum absolute atomic E-state index is 12.4. The molecule has 2 heterocycles. The van der Waals surface area contributed by atoms with Crippen LogP contribution >= 0.6 is 0 Å². The number of pyridine rings is 1. The second-order valence-corrected chi connectivity index (χ2v) is 7.69. The molecule has 0 atom stereocenters. The van der Waals surface area contributed by atoms with Crippen molar-refractivity contribution >= 4 is 32.7 Å². The van der Waals surface area contributed by atoms with Gasteiger partial charge in [-0.15, -0.1) is 6.58 Å². The van der Waals surface area contributed by atoms with Gasteiger partial charge in [-0.2, -0.15) is 5.10 Å². The van der Waals surface area contributed by atoms with Gasteiger partial charge in [0.05, 0.1) is 22.5 Å². The standard InChI is InChI=1S/C18H19N5O3S/c1-4-9-20-27(25,26)15-7-5-13(6-8-15)18(24)21-14-10-16-12(2)22-23(3)17(16)19-11-14/h4-8,10-11,20H,1,9H2,2-3H3,(H,21,24). The van der Waals surface area contributed by atoms with Gasteiger partial charge in [0, 0.05) is 24.5 Å². The summed E-state index contributed by atoms with van der Waals surface area (Å²) >= 11 is 0. The van der Waals surface area contributed by atoms with Crippen LogP contribution in [-0.4, -0.2) is 35.6 Å². The zero-order chi connectivity index (χ0) is 19.6. The SMILES string of the molecule is C=CCNS(=O)(=O)c1ccc(C(=O)Nc2cnc3c(c2)c(C)nn3C)cc1. The molecule has 1 amide bonds. The summed E-state index contributed by atoms with van der Waals surface area (Å²) in [7, 11) is -1.82. The minimum atomic E-state index is -3.62. The first-order valence-corrected chi connectivity index (χ1v) is 9.61. The summed E-state index contributed by atoms with van der Waals surface area (Å²) < 4.78 is 28.1. The van der Waals surface area contributed by atoms with Crippen LogP contribution < -0.4 is 10.0 Å². The minimum absolute atomic E-state index is 0.0787. The summed E-state index contributed by atoms with van der Waals surface area (Å²) in [4.78, 5) is 16.8. The van der Waals surface area contributed by atoms with E-state index in [1.54, 1.807) is 24.0 Å². The Balaban J connectivity index is 1.78. The Kier molecular flexibility index (Phi) is 5.06. The van der Waals surface area contributed by atoms with E-state index in [0.29, 0.717) is 11.3 Å². The molecule has 0 bridgehead atoms. The molecule has 9 heteroatoms. The lowest BCUT2D eigenvalue weighted by atomic mass is 10.2. The van der Waals surface area contributed by atoms with Crippen LogP contribution in [0.5, 0.6) is 0 Å². The van der Waals surface area contributed by atoms with E-state index in [9.17, 15) is 13.2 Å². The van der Waals surface area contributed by atoms with Gasteiger partial charge in [0.15, 0.2) is 5.65 Å². The maximum Gasteiger partial charge on any atom is 0.255 e. The van der Waals surface area contributed by atoms with Crippen molar-refractivity contribution in [1.29, 1.82) is 0 Å². The molecule has 0 spiro atoms. The van der Waals surface area contributed by atoms with E-state index >= 15 is 0 Å². The number of aryl methyl sites for hydroxylation is 2. The van der Waals surface area contributed by atoms with Gasteiger partial charge in [-0.25, -0.2) is 18.1 Å². The number of sulfonamides is 1. The number of carbonyl (C=O) groups is 1. The normalized spacial score (nSPS) is 11.5. The third kappa shape index (κ3) is 3.88. The van der Waals surface area contributed by atoms with Crippen LogP contribution in [0.2, 0.25) is 0 Å². The van der Waals surface area contributed by atoms with Gasteiger partial charge in [0.2, 0.25) is 10.0 Å². The quantitative estimate of drug-likeness (QED) is 0.631. The number of hydrogen-bond acceptors (Lipinski definition) is 5. The van der Waals surface area contributed by atoms with E-state index in [-0.39, 0.29) is 17.3 Å². The smallest absolute Gasteiger partial charge is 0.255 e. The van der Waals surface area contributed by atoms with Gasteiger partial charge in [0.1, 0.15) is 0 Å². The van der Waals surface area contributed by atoms with Gasteiger partial charge < -0.3 is 5.32 Å². The topological polar surface area (TPSA) is 106 Å². The van der Waals surface area contributed by atoms with E-state index in [4.69, 9.17) is 0 Å². The summed E-state index contributed by atoms with van der Waals surface area (Å²) in [5.74, 6) is -0.360. The largest absolute Gasteiger partial charge is 0.321 e. The van der Waals surface area contributed by atoms with Gasteiger partial charge in [-0.1, -0.05) is 6.08 Å². The molecule has 0 saturated carbocycles. The molecule has 8 nitrogen and oxygen atoms in total. The molecule has 0 fully saturated rings. The highest BCUT2D eigenvalue weighted by atomic mass is 32.2. The van der Waals surface area contributed by atoms with Crippen LogP contribution in [0.1, 0.15) is 16.1 Å². The maximum atomic E-state index is 12.4. The van der Waals surface area contributed by atoms with E-state index < -0.39 is 10.0 Å². The molecule has 1 aromatic carbocycles. The Labute approximate surface area is 157 Å². The molecule has 0 unspecified atom stereocenters. The fraction of sp³-hybridized carbons (Fsp3) is 0.167. The summed E-state index contributed by atoms with van der Waals surface area (Å²) in [6, 6.07) is 7.48. The van der Waals surface area contributed by atoms with Crippen LogP contribution in [0.3, 0.4) is 0 Å². The van der Waals surface area contributed by atoms with E-state index in [0.717, 1.165) is 16.7 Å². The molecular weight excluding hydrogens is 366 g/mol. The predicted octanol–water partition coefficient (Wildman–Crippen LogP) is 1.99. The average molecular weight is 385 g/mol. The van der Waals surface area contributed by atoms with Crippen molar-refractivity contribution in [3.63, 3.8) is 0 Å². The van der Waals surface area contributed by atoms with E-state index in [2.05, 4.69) is 26.7 Å². The number of rotatable bonds is 6. The molecule has 3 rings (SSSR count). The van der Waals surface area contributed by atoms with Gasteiger partial charge in [-0.3, -0.25) is 9.48 Å². The molecule has 3 aromatic rings. The van der Waals surface area contributed by atoms with Crippen molar-refractivity contribution in [2.45, 2.75) is 11.8 Å². The van der Waals surface area contributed by atoms with Crippen LogP contribution in [-0.2, 0) is 17.1 Å². The second kappa shape index (κ2) is 7.29. The number of anilines is 1. The fourth-order valence-electron chi connectivity index (χ4n) is 2.62. The molecule has 0 radical (unpaired) electrons. The lowest BCUT2D eigenvalue weighted by molar-refractivity contribution is 0.102. The highest BCUT2D eigenvalue weighted by molar-refractivity contribution is 7.89. The summed E-state index contributed by atoms with van der Waals surface area (Å²) in [5, 5.41) is 7.91. The Morgan fingerprint density at radius 3 is 2.67 bits per heavy atom. The number of aromatic nitrogens is 3. The first kappa shape index (κ1) is 18.7. The monoisotopic (exact) mass is 385 g/mol. The number of hydrogen-bond donors (Lipinski definition) is 2. The summed E-state index contributed by atoms with van der Waals surface area (Å²) in [6.45, 7) is 5.47. The third-order valence-electron chi connectivity index (χ3n) is 3.97. The van der Waals surface area contributed by atoms with Crippen LogP contribution in [0.25, 0.3) is 11.0 Å². The summed E-state index contributed by atoms with van der Waals surface area (Å²) in [6.07, 6.45) is 3.01. The predicted molar refractivity (Wildman–Crippen MR) is 103 cm³/mol. The number of benzene rings is 1. The lowest BCUT2D eigenvalue weighted by Gasteiger charge is -2.07. The Morgan fingerprint density at radius 2 is 2.00 bits per heavy atom. The Hall–Kier alpha value is -3.04. The van der Waals surface area contributed by atoms with Gasteiger partial charge in [-0.05, 0) is 37.3 Å². The molecular formula is C18H19N5O3S. The number of carbonyl (C=O) groups excluding carboxylic acids is 1. The molecule has 0 aliphatic rings. The van der Waals surface area contributed by atoms with Gasteiger partial charge >= 0.3 is 0 Å². The molecule has 0 aliphatic carbocycles. The highest BCUT2D eigenvalue weighted by Gasteiger charge is 2.14. The molecule has 140 valence electrons. The lowest BCUT2D eigenvalue weighted by Crippen LogP contribution is -2.23. The van der Waals surface area contributed by atoms with Crippen molar-refractivity contribution in [2.75, 3.05) is 11.9 Å². The molecule has 0 saturated heterocycles. The van der Waals surface area contributed by atoms with Gasteiger partial charge in [0.25, 0.3) is 5.91 Å².